The second-order valence-electron chi connectivity index (χ2n) is 4.37. The van der Waals surface area contributed by atoms with Gasteiger partial charge in [-0.05, 0) is 30.2 Å². The molecule has 0 spiro atoms. The Morgan fingerprint density at radius 2 is 1.95 bits per heavy atom. The van der Waals surface area contributed by atoms with Gasteiger partial charge in [-0.3, -0.25) is 9.69 Å². The molecule has 6 heteroatoms. The zero-order chi connectivity index (χ0) is 14.7. The summed E-state index contributed by atoms with van der Waals surface area (Å²) < 4.78 is 0. The molecule has 20 heavy (non-hydrogen) atoms. The quantitative estimate of drug-likeness (QED) is 0.646. The highest BCUT2D eigenvalue weighted by atomic mass is 16.4. The van der Waals surface area contributed by atoms with Crippen LogP contribution in [0.3, 0.4) is 0 Å². The number of urea groups is 1. The van der Waals surface area contributed by atoms with Crippen molar-refractivity contribution in [3.8, 4) is 0 Å². The molecule has 1 aliphatic heterocycles. The van der Waals surface area contributed by atoms with E-state index in [9.17, 15) is 14.4 Å². The van der Waals surface area contributed by atoms with Crippen molar-refractivity contribution in [2.45, 2.75) is 13.3 Å². The molecular formula is C14H14N2O4. The summed E-state index contributed by atoms with van der Waals surface area (Å²) in [5, 5.41) is 11.3. The van der Waals surface area contributed by atoms with Crippen LogP contribution in [0.15, 0.2) is 30.0 Å². The minimum atomic E-state index is -1.01. The maximum Gasteiger partial charge on any atom is 0.335 e. The van der Waals surface area contributed by atoms with E-state index in [1.807, 2.05) is 6.92 Å². The van der Waals surface area contributed by atoms with Crippen molar-refractivity contribution < 1.29 is 19.5 Å². The molecule has 1 fully saturated rings. The molecule has 3 amide bonds. The molecule has 6 nitrogen and oxygen atoms in total. The number of carboxylic acid groups (broad SMARTS) is 1. The lowest BCUT2D eigenvalue weighted by molar-refractivity contribution is -0.122. The Hall–Kier alpha value is -2.63. The van der Waals surface area contributed by atoms with Crippen LogP contribution in [0.5, 0.6) is 0 Å². The average molecular weight is 274 g/mol. The number of aromatic carboxylic acids is 1. The standard InChI is InChI=1S/C14H14N2O4/c1-2-7-16-12(17)11(15-14(16)20)8-9-3-5-10(6-4-9)13(18)19/h3-6,8H,2,7H2,1H3,(H,15,20)(H,18,19). The van der Waals surface area contributed by atoms with Gasteiger partial charge in [-0.15, -0.1) is 0 Å². The molecule has 1 aromatic carbocycles. The minimum absolute atomic E-state index is 0.168. The molecule has 1 saturated heterocycles. The Bertz CT molecular complexity index is 590. The monoisotopic (exact) mass is 274 g/mol. The second-order valence-corrected chi connectivity index (χ2v) is 4.37. The molecule has 0 saturated carbocycles. The van der Waals surface area contributed by atoms with Gasteiger partial charge in [0.25, 0.3) is 5.91 Å². The van der Waals surface area contributed by atoms with Crippen LogP contribution in [0.2, 0.25) is 0 Å². The van der Waals surface area contributed by atoms with E-state index >= 15 is 0 Å². The first kappa shape index (κ1) is 13.8. The molecule has 2 N–H and O–H groups in total. The van der Waals surface area contributed by atoms with Gasteiger partial charge >= 0.3 is 12.0 Å². The van der Waals surface area contributed by atoms with Crippen molar-refractivity contribution in [2.75, 3.05) is 6.54 Å². The minimum Gasteiger partial charge on any atom is -0.478 e. The number of rotatable bonds is 4. The van der Waals surface area contributed by atoms with Crippen LogP contribution in [0.4, 0.5) is 4.79 Å². The lowest BCUT2D eigenvalue weighted by Gasteiger charge is -2.08. The SMILES string of the molecule is CCCN1C(=O)NC(=Cc2ccc(C(=O)O)cc2)C1=O. The van der Waals surface area contributed by atoms with E-state index in [4.69, 9.17) is 5.11 Å². The summed E-state index contributed by atoms with van der Waals surface area (Å²) in [5.41, 5.74) is 1.02. The highest BCUT2D eigenvalue weighted by molar-refractivity contribution is 6.13. The third-order valence-electron chi connectivity index (χ3n) is 2.88. The molecular weight excluding hydrogens is 260 g/mol. The number of nitrogens with zero attached hydrogens (tertiary/aromatic N) is 1. The third-order valence-corrected chi connectivity index (χ3v) is 2.88. The molecule has 1 aliphatic rings. The van der Waals surface area contributed by atoms with Gasteiger partial charge in [0.15, 0.2) is 0 Å². The fraction of sp³-hybridized carbons (Fsp3) is 0.214. The molecule has 2 rings (SSSR count). The van der Waals surface area contributed by atoms with E-state index in [2.05, 4.69) is 5.32 Å². The van der Waals surface area contributed by atoms with E-state index in [0.29, 0.717) is 18.5 Å². The van der Waals surface area contributed by atoms with Crippen LogP contribution in [-0.4, -0.2) is 34.5 Å². The highest BCUT2D eigenvalue weighted by Gasteiger charge is 2.32. The van der Waals surface area contributed by atoms with Crippen LogP contribution in [0.25, 0.3) is 6.08 Å². The summed E-state index contributed by atoms with van der Waals surface area (Å²) in [5.74, 6) is -1.37. The Balaban J connectivity index is 2.21. The van der Waals surface area contributed by atoms with Crippen molar-refractivity contribution in [1.29, 1.82) is 0 Å². The Kier molecular flexibility index (Phi) is 3.84. The Morgan fingerprint density at radius 1 is 1.30 bits per heavy atom. The predicted octanol–water partition coefficient (Wildman–Crippen LogP) is 1.69. The molecule has 0 aliphatic carbocycles. The number of amides is 3. The summed E-state index contributed by atoms with van der Waals surface area (Å²) in [6.07, 6.45) is 2.22. The smallest absolute Gasteiger partial charge is 0.335 e. The molecule has 1 heterocycles. The first-order valence-corrected chi connectivity index (χ1v) is 6.21. The van der Waals surface area contributed by atoms with Crippen LogP contribution >= 0.6 is 0 Å². The number of nitrogens with one attached hydrogen (secondary N) is 1. The van der Waals surface area contributed by atoms with Gasteiger partial charge in [-0.1, -0.05) is 19.1 Å². The van der Waals surface area contributed by atoms with Crippen LogP contribution in [0, 0.1) is 0 Å². The molecule has 0 radical (unpaired) electrons. The van der Waals surface area contributed by atoms with Crippen LogP contribution < -0.4 is 5.32 Å². The summed E-state index contributed by atoms with van der Waals surface area (Å²) in [6.45, 7) is 2.26. The van der Waals surface area contributed by atoms with E-state index in [1.54, 1.807) is 12.1 Å². The topological polar surface area (TPSA) is 86.7 Å². The van der Waals surface area contributed by atoms with Crippen LogP contribution in [-0.2, 0) is 4.79 Å². The first-order valence-electron chi connectivity index (χ1n) is 6.21. The fourth-order valence-corrected chi connectivity index (χ4v) is 1.89. The maximum atomic E-state index is 12.0. The Labute approximate surface area is 115 Å². The van der Waals surface area contributed by atoms with E-state index in [-0.39, 0.29) is 17.2 Å². The summed E-state index contributed by atoms with van der Waals surface area (Å²) in [4.78, 5) is 35.4. The van der Waals surface area contributed by atoms with Crippen molar-refractivity contribution in [1.82, 2.24) is 10.2 Å². The van der Waals surface area contributed by atoms with Crippen LogP contribution in [0.1, 0.15) is 29.3 Å². The summed E-state index contributed by atoms with van der Waals surface area (Å²) >= 11 is 0. The van der Waals surface area contributed by atoms with Crippen molar-refractivity contribution in [3.05, 3.63) is 41.1 Å². The number of imide groups is 1. The van der Waals surface area contributed by atoms with E-state index in [1.165, 1.54) is 18.2 Å². The number of carbonyl (C=O) groups is 3. The third kappa shape index (κ3) is 2.69. The van der Waals surface area contributed by atoms with Gasteiger partial charge in [0.1, 0.15) is 5.70 Å². The second kappa shape index (κ2) is 5.56. The summed E-state index contributed by atoms with van der Waals surface area (Å²) in [6, 6.07) is 5.63. The number of carboxylic acids is 1. The summed E-state index contributed by atoms with van der Waals surface area (Å²) in [7, 11) is 0. The highest BCUT2D eigenvalue weighted by Crippen LogP contribution is 2.15. The van der Waals surface area contributed by atoms with Gasteiger partial charge in [-0.25, -0.2) is 9.59 Å². The zero-order valence-electron chi connectivity index (χ0n) is 10.9. The number of benzene rings is 1. The molecule has 0 bridgehead atoms. The van der Waals surface area contributed by atoms with Gasteiger partial charge in [0.2, 0.25) is 0 Å². The molecule has 104 valence electrons. The largest absolute Gasteiger partial charge is 0.478 e. The normalized spacial score (nSPS) is 16.6. The maximum absolute atomic E-state index is 12.0. The fourth-order valence-electron chi connectivity index (χ4n) is 1.89. The van der Waals surface area contributed by atoms with Gasteiger partial charge < -0.3 is 10.4 Å². The lowest BCUT2D eigenvalue weighted by Crippen LogP contribution is -2.31. The molecule has 0 aromatic heterocycles. The number of hydrogen-bond donors (Lipinski definition) is 2. The zero-order valence-corrected chi connectivity index (χ0v) is 10.9. The first-order chi connectivity index (χ1) is 9.52. The molecule has 0 unspecified atom stereocenters. The van der Waals surface area contributed by atoms with Gasteiger partial charge in [0, 0.05) is 6.54 Å². The molecule has 1 aromatic rings. The van der Waals surface area contributed by atoms with E-state index in [0.717, 1.165) is 4.90 Å². The molecule has 0 atom stereocenters. The number of hydrogen-bond acceptors (Lipinski definition) is 3. The Morgan fingerprint density at radius 3 is 2.50 bits per heavy atom. The van der Waals surface area contributed by atoms with Crippen molar-refractivity contribution in [2.24, 2.45) is 0 Å². The van der Waals surface area contributed by atoms with Crippen molar-refractivity contribution >= 4 is 24.0 Å². The van der Waals surface area contributed by atoms with Crippen molar-refractivity contribution in [3.63, 3.8) is 0 Å². The lowest BCUT2D eigenvalue weighted by atomic mass is 10.1. The van der Waals surface area contributed by atoms with E-state index < -0.39 is 12.0 Å². The predicted molar refractivity (Wildman–Crippen MR) is 71.9 cm³/mol. The average Bonchev–Trinajstić information content (AvgIpc) is 2.67. The van der Waals surface area contributed by atoms with Gasteiger partial charge in [-0.2, -0.15) is 0 Å². The number of carbonyl (C=O) groups excluding carboxylic acids is 2. The van der Waals surface area contributed by atoms with Gasteiger partial charge in [0.05, 0.1) is 5.56 Å².